The number of aliphatic carboxylic acids is 1. The molecule has 3 aromatic rings. The van der Waals surface area contributed by atoms with Gasteiger partial charge in [-0.25, -0.2) is 13.2 Å². The molecule has 0 saturated heterocycles. The van der Waals surface area contributed by atoms with Crippen LogP contribution in [-0.4, -0.2) is 49.6 Å². The van der Waals surface area contributed by atoms with E-state index in [9.17, 15) is 18.3 Å². The molecule has 0 radical (unpaired) electrons. The third kappa shape index (κ3) is 6.46. The second-order valence-electron chi connectivity index (χ2n) is 7.79. The number of ether oxygens (including phenoxy) is 2. The summed E-state index contributed by atoms with van der Waals surface area (Å²) in [4.78, 5) is 11.5. The second-order valence-corrected chi connectivity index (χ2v) is 9.80. The Balaban J connectivity index is 1.62. The van der Waals surface area contributed by atoms with Crippen molar-refractivity contribution in [1.82, 2.24) is 4.57 Å². The molecule has 7 nitrogen and oxygen atoms in total. The number of carboxylic acids is 1. The first-order valence-electron chi connectivity index (χ1n) is 10.7. The lowest BCUT2D eigenvalue weighted by Gasteiger charge is -2.14. The number of aromatic nitrogens is 1. The van der Waals surface area contributed by atoms with Crippen molar-refractivity contribution in [1.29, 1.82) is 0 Å². The van der Waals surface area contributed by atoms with Crippen molar-refractivity contribution in [2.45, 2.75) is 37.8 Å². The number of rotatable bonds is 11. The van der Waals surface area contributed by atoms with Crippen LogP contribution in [0, 0.1) is 6.92 Å². The van der Waals surface area contributed by atoms with E-state index in [1.165, 1.54) is 6.26 Å². The highest BCUT2D eigenvalue weighted by atomic mass is 32.2. The van der Waals surface area contributed by atoms with Gasteiger partial charge >= 0.3 is 5.97 Å². The molecule has 0 fully saturated rings. The summed E-state index contributed by atoms with van der Waals surface area (Å²) < 4.78 is 36.7. The molecule has 2 aromatic carbocycles. The molecule has 1 aromatic heterocycles. The van der Waals surface area contributed by atoms with Crippen LogP contribution >= 0.6 is 0 Å². The lowest BCUT2D eigenvalue weighted by atomic mass is 10.1. The summed E-state index contributed by atoms with van der Waals surface area (Å²) in [5.74, 6) is -0.271. The highest BCUT2D eigenvalue weighted by Crippen LogP contribution is 2.24. The summed E-state index contributed by atoms with van der Waals surface area (Å²) in [6, 6.07) is 18.2. The minimum Gasteiger partial charge on any atom is -0.492 e. The van der Waals surface area contributed by atoms with Gasteiger partial charge in [0.1, 0.15) is 12.4 Å². The van der Waals surface area contributed by atoms with Crippen LogP contribution in [0.4, 0.5) is 0 Å². The van der Waals surface area contributed by atoms with Crippen molar-refractivity contribution in [2.75, 3.05) is 19.5 Å². The Kier molecular flexibility index (Phi) is 7.94. The van der Waals surface area contributed by atoms with Crippen molar-refractivity contribution in [3.63, 3.8) is 0 Å². The molecule has 0 bridgehead atoms. The van der Waals surface area contributed by atoms with E-state index in [4.69, 9.17) is 9.47 Å². The number of sulfone groups is 1. The van der Waals surface area contributed by atoms with Gasteiger partial charge in [0.15, 0.2) is 15.9 Å². The van der Waals surface area contributed by atoms with Crippen molar-refractivity contribution in [3.8, 4) is 17.0 Å². The number of hydrogen-bond donors (Lipinski definition) is 1. The van der Waals surface area contributed by atoms with Crippen LogP contribution in [0.2, 0.25) is 0 Å². The molecular weight excluding hydrogens is 442 g/mol. The Morgan fingerprint density at radius 3 is 2.27 bits per heavy atom. The predicted molar refractivity (Wildman–Crippen MR) is 126 cm³/mol. The minimum atomic E-state index is -3.23. The third-order valence-corrected chi connectivity index (χ3v) is 6.48. The average Bonchev–Trinajstić information content (AvgIpc) is 3.14. The van der Waals surface area contributed by atoms with Crippen LogP contribution in [0.15, 0.2) is 65.6 Å². The zero-order valence-corrected chi connectivity index (χ0v) is 19.8. The van der Waals surface area contributed by atoms with Crippen molar-refractivity contribution >= 4 is 15.8 Å². The third-order valence-electron chi connectivity index (χ3n) is 5.35. The van der Waals surface area contributed by atoms with Crippen molar-refractivity contribution in [2.24, 2.45) is 0 Å². The maximum absolute atomic E-state index is 11.7. The molecule has 33 heavy (non-hydrogen) atoms. The van der Waals surface area contributed by atoms with E-state index in [2.05, 4.69) is 4.57 Å². The van der Waals surface area contributed by atoms with E-state index >= 15 is 0 Å². The highest BCUT2D eigenvalue weighted by molar-refractivity contribution is 7.90. The van der Waals surface area contributed by atoms with E-state index in [1.807, 2.05) is 55.5 Å². The summed E-state index contributed by atoms with van der Waals surface area (Å²) in [6.07, 6.45) is 0.638. The Bertz CT molecular complexity index is 1180. The van der Waals surface area contributed by atoms with Gasteiger partial charge in [0.05, 0.1) is 11.4 Å². The number of nitrogens with zero attached hydrogens (tertiary/aromatic N) is 1. The quantitative estimate of drug-likeness (QED) is 0.455. The van der Waals surface area contributed by atoms with E-state index in [0.717, 1.165) is 22.5 Å². The van der Waals surface area contributed by atoms with Crippen molar-refractivity contribution in [3.05, 3.63) is 71.9 Å². The fourth-order valence-corrected chi connectivity index (χ4v) is 4.23. The highest BCUT2D eigenvalue weighted by Gasteiger charge is 2.18. The Morgan fingerprint density at radius 2 is 1.70 bits per heavy atom. The predicted octanol–water partition coefficient (Wildman–Crippen LogP) is 3.98. The van der Waals surface area contributed by atoms with Crippen LogP contribution in [0.5, 0.6) is 5.75 Å². The molecule has 0 saturated carbocycles. The second kappa shape index (κ2) is 10.7. The zero-order chi connectivity index (χ0) is 24.0. The van der Waals surface area contributed by atoms with Gasteiger partial charge in [0.25, 0.3) is 0 Å². The fourth-order valence-electron chi connectivity index (χ4n) is 3.60. The van der Waals surface area contributed by atoms with E-state index in [1.54, 1.807) is 19.1 Å². The van der Waals surface area contributed by atoms with Gasteiger partial charge in [-0.2, -0.15) is 0 Å². The standard InChI is InChI=1S/C25H29NO6S/c1-4-31-24(25(27)28)17-19-6-10-21(11-7-19)32-16-15-26-18(2)5-14-23(26)20-8-12-22(13-9-20)33(3,29)30/h5-14,24H,4,15-17H2,1-3H3,(H,27,28). The molecule has 1 N–H and O–H groups in total. The molecule has 176 valence electrons. The van der Waals surface area contributed by atoms with Gasteiger partial charge in [-0.05, 0) is 61.4 Å². The van der Waals surface area contributed by atoms with Gasteiger partial charge < -0.3 is 19.1 Å². The molecule has 0 aliphatic carbocycles. The first kappa shape index (κ1) is 24.5. The molecule has 8 heteroatoms. The molecule has 0 aliphatic rings. The molecule has 1 unspecified atom stereocenters. The maximum Gasteiger partial charge on any atom is 0.333 e. The lowest BCUT2D eigenvalue weighted by Crippen LogP contribution is -2.26. The molecule has 1 heterocycles. The smallest absolute Gasteiger partial charge is 0.333 e. The van der Waals surface area contributed by atoms with Gasteiger partial charge in [-0.3, -0.25) is 0 Å². The van der Waals surface area contributed by atoms with E-state index in [0.29, 0.717) is 36.8 Å². The Morgan fingerprint density at radius 1 is 1.03 bits per heavy atom. The summed E-state index contributed by atoms with van der Waals surface area (Å²) in [7, 11) is -3.23. The van der Waals surface area contributed by atoms with Gasteiger partial charge in [0, 0.05) is 30.7 Å². The Hall–Kier alpha value is -3.10. The number of benzene rings is 2. The number of carboxylic acid groups (broad SMARTS) is 1. The Labute approximate surface area is 194 Å². The van der Waals surface area contributed by atoms with Gasteiger partial charge in [-0.1, -0.05) is 24.3 Å². The van der Waals surface area contributed by atoms with Gasteiger partial charge in [-0.15, -0.1) is 0 Å². The summed E-state index contributed by atoms with van der Waals surface area (Å²) in [5.41, 5.74) is 3.86. The van der Waals surface area contributed by atoms with Crippen LogP contribution in [0.25, 0.3) is 11.3 Å². The summed E-state index contributed by atoms with van der Waals surface area (Å²) in [5, 5.41) is 9.22. The number of hydrogen-bond acceptors (Lipinski definition) is 5. The average molecular weight is 472 g/mol. The lowest BCUT2D eigenvalue weighted by molar-refractivity contribution is -0.149. The SMILES string of the molecule is CCOC(Cc1ccc(OCCn2c(C)ccc2-c2ccc(S(C)(=O)=O)cc2)cc1)C(=O)O. The van der Waals surface area contributed by atoms with Crippen LogP contribution < -0.4 is 4.74 Å². The molecule has 0 spiro atoms. The fraction of sp³-hybridized carbons (Fsp3) is 0.320. The molecule has 3 rings (SSSR count). The zero-order valence-electron chi connectivity index (χ0n) is 19.0. The van der Waals surface area contributed by atoms with Crippen LogP contribution in [0.1, 0.15) is 18.2 Å². The molecule has 0 aliphatic heterocycles. The molecule has 1 atom stereocenters. The van der Waals surface area contributed by atoms with E-state index < -0.39 is 21.9 Å². The van der Waals surface area contributed by atoms with Crippen molar-refractivity contribution < 1.29 is 27.8 Å². The summed E-state index contributed by atoms with van der Waals surface area (Å²) >= 11 is 0. The molecule has 0 amide bonds. The first-order valence-corrected chi connectivity index (χ1v) is 12.6. The normalized spacial score (nSPS) is 12.5. The monoisotopic (exact) mass is 471 g/mol. The largest absolute Gasteiger partial charge is 0.492 e. The topological polar surface area (TPSA) is 94.8 Å². The summed E-state index contributed by atoms with van der Waals surface area (Å²) in [6.45, 7) is 5.20. The van der Waals surface area contributed by atoms with Crippen LogP contribution in [0.3, 0.4) is 0 Å². The van der Waals surface area contributed by atoms with Gasteiger partial charge in [0.2, 0.25) is 0 Å². The first-order chi connectivity index (χ1) is 15.7. The van der Waals surface area contributed by atoms with Crippen LogP contribution in [-0.2, 0) is 32.3 Å². The number of aryl methyl sites for hydroxylation is 1. The molecular formula is C25H29NO6S. The maximum atomic E-state index is 11.7. The number of carbonyl (C=O) groups is 1. The van der Waals surface area contributed by atoms with E-state index in [-0.39, 0.29) is 0 Å². The minimum absolute atomic E-state index is 0.295.